The van der Waals surface area contributed by atoms with Crippen LogP contribution in [0.5, 0.6) is 0 Å². The summed E-state index contributed by atoms with van der Waals surface area (Å²) >= 11 is 3.21. The van der Waals surface area contributed by atoms with Gasteiger partial charge in [-0.25, -0.2) is 0 Å². The summed E-state index contributed by atoms with van der Waals surface area (Å²) < 4.78 is 0.488. The zero-order chi connectivity index (χ0) is 14.6. The summed E-state index contributed by atoms with van der Waals surface area (Å²) in [5.74, 6) is 0. The minimum atomic E-state index is -1.000. The van der Waals surface area contributed by atoms with E-state index in [0.29, 0.717) is 16.7 Å². The molecule has 0 radical (unpaired) electrons. The van der Waals surface area contributed by atoms with Crippen molar-refractivity contribution in [2.75, 3.05) is 32.5 Å². The number of likely N-dealkylation sites (N-methyl/N-ethyl adjacent to an activating group) is 1. The summed E-state index contributed by atoms with van der Waals surface area (Å²) in [5, 5.41) is 24.0. The Kier molecular flexibility index (Phi) is 5.21. The first kappa shape index (κ1) is 15.8. The van der Waals surface area contributed by atoms with Gasteiger partial charge in [0.15, 0.2) is 0 Å². The van der Waals surface area contributed by atoms with Crippen LogP contribution in [-0.4, -0.2) is 52.7 Å². The van der Waals surface area contributed by atoms with E-state index >= 15 is 0 Å². The van der Waals surface area contributed by atoms with Crippen LogP contribution in [0.15, 0.2) is 16.9 Å². The number of nitrogens with one attached hydrogen (secondary N) is 1. The fraction of sp³-hybridized carbons (Fsp3) is 0.545. The summed E-state index contributed by atoms with van der Waals surface area (Å²) in [6, 6.07) is 0. The van der Waals surface area contributed by atoms with Crippen molar-refractivity contribution in [2.45, 2.75) is 12.5 Å². The number of hydrogen-bond donors (Lipinski definition) is 2. The lowest BCUT2D eigenvalue weighted by atomic mass is 10.1. The summed E-state index contributed by atoms with van der Waals surface area (Å²) in [6.07, 6.45) is 2.64. The van der Waals surface area contributed by atoms with Crippen molar-refractivity contribution in [3.63, 3.8) is 0 Å². The molecule has 0 aliphatic carbocycles. The first-order chi connectivity index (χ1) is 8.73. The average Bonchev–Trinajstić information content (AvgIpc) is 2.25. The zero-order valence-electron chi connectivity index (χ0n) is 11.1. The van der Waals surface area contributed by atoms with Gasteiger partial charge in [-0.3, -0.25) is 15.1 Å². The molecule has 0 bridgehead atoms. The number of pyridine rings is 1. The number of aromatic nitrogens is 1. The summed E-state index contributed by atoms with van der Waals surface area (Å²) in [6.45, 7) is 2.30. The Morgan fingerprint density at radius 2 is 2.21 bits per heavy atom. The normalized spacial score (nSPS) is 14.2. The summed E-state index contributed by atoms with van der Waals surface area (Å²) in [5.41, 5.74) is -0.811. The van der Waals surface area contributed by atoms with Gasteiger partial charge >= 0.3 is 5.69 Å². The third kappa shape index (κ3) is 4.73. The summed E-state index contributed by atoms with van der Waals surface area (Å²) in [4.78, 5) is 16.0. The first-order valence-corrected chi connectivity index (χ1v) is 6.41. The molecule has 0 aromatic carbocycles. The quantitative estimate of drug-likeness (QED) is 0.605. The number of hydrogen-bond acceptors (Lipinski definition) is 6. The van der Waals surface area contributed by atoms with E-state index < -0.39 is 10.5 Å². The Labute approximate surface area is 119 Å². The van der Waals surface area contributed by atoms with Crippen molar-refractivity contribution in [2.24, 2.45) is 0 Å². The molecule has 0 fully saturated rings. The fourth-order valence-corrected chi connectivity index (χ4v) is 2.22. The molecule has 19 heavy (non-hydrogen) atoms. The monoisotopic (exact) mass is 332 g/mol. The molecule has 0 saturated carbocycles. The van der Waals surface area contributed by atoms with Crippen LogP contribution in [0.3, 0.4) is 0 Å². The van der Waals surface area contributed by atoms with Gasteiger partial charge in [-0.15, -0.1) is 0 Å². The molecule has 1 aromatic heterocycles. The molecule has 1 atom stereocenters. The van der Waals surface area contributed by atoms with Gasteiger partial charge in [-0.2, -0.15) is 0 Å². The van der Waals surface area contributed by atoms with Crippen molar-refractivity contribution in [1.82, 2.24) is 9.88 Å². The minimum absolute atomic E-state index is 0.130. The van der Waals surface area contributed by atoms with Crippen LogP contribution in [-0.2, 0) is 0 Å². The maximum atomic E-state index is 10.9. The van der Waals surface area contributed by atoms with Crippen LogP contribution in [0.25, 0.3) is 0 Å². The van der Waals surface area contributed by atoms with Crippen molar-refractivity contribution >= 4 is 27.3 Å². The molecule has 0 spiro atoms. The van der Waals surface area contributed by atoms with Gasteiger partial charge in [0.2, 0.25) is 0 Å². The van der Waals surface area contributed by atoms with E-state index in [9.17, 15) is 15.2 Å². The van der Waals surface area contributed by atoms with E-state index in [0.717, 1.165) is 0 Å². The van der Waals surface area contributed by atoms with Crippen LogP contribution >= 0.6 is 15.9 Å². The Balaban J connectivity index is 2.86. The highest BCUT2D eigenvalue weighted by molar-refractivity contribution is 9.10. The van der Waals surface area contributed by atoms with Gasteiger partial charge in [-0.05, 0) is 36.9 Å². The van der Waals surface area contributed by atoms with Crippen LogP contribution in [0, 0.1) is 10.1 Å². The van der Waals surface area contributed by atoms with Gasteiger partial charge in [0.25, 0.3) is 0 Å². The average molecular weight is 333 g/mol. The molecule has 2 N–H and O–H groups in total. The molecular formula is C11H17BrN4O3. The van der Waals surface area contributed by atoms with E-state index in [1.54, 1.807) is 6.92 Å². The topological polar surface area (TPSA) is 91.5 Å². The van der Waals surface area contributed by atoms with Gasteiger partial charge in [0.05, 0.1) is 15.0 Å². The molecule has 8 heteroatoms. The van der Waals surface area contributed by atoms with Gasteiger partial charge in [0.1, 0.15) is 11.9 Å². The molecule has 0 aliphatic heterocycles. The van der Waals surface area contributed by atoms with Gasteiger partial charge in [-0.1, -0.05) is 0 Å². The van der Waals surface area contributed by atoms with Crippen molar-refractivity contribution < 1.29 is 10.0 Å². The maximum absolute atomic E-state index is 10.9. The number of nitrogens with zero attached hydrogens (tertiary/aromatic N) is 3. The fourth-order valence-electron chi connectivity index (χ4n) is 1.75. The maximum Gasteiger partial charge on any atom is 0.311 e. The molecule has 1 unspecified atom stereocenters. The number of anilines is 1. The van der Waals surface area contributed by atoms with Crippen molar-refractivity contribution in [3.05, 3.63) is 27.0 Å². The van der Waals surface area contributed by atoms with Gasteiger partial charge in [0, 0.05) is 19.3 Å². The van der Waals surface area contributed by atoms with Crippen LogP contribution in [0.2, 0.25) is 0 Å². The standard InChI is InChI=1S/C11H17BrN4O3/c1-11(17,7-15(2)3)6-14-10-8(12)4-13-5-9(10)16(18)19/h4-5,17H,6-7H2,1-3H3,(H,13,14). The van der Waals surface area contributed by atoms with E-state index in [2.05, 4.69) is 26.2 Å². The lowest BCUT2D eigenvalue weighted by Gasteiger charge is -2.27. The third-order valence-corrected chi connectivity index (χ3v) is 2.98. The molecule has 0 aliphatic rings. The predicted molar refractivity (Wildman–Crippen MR) is 76.3 cm³/mol. The second kappa shape index (κ2) is 6.27. The highest BCUT2D eigenvalue weighted by Gasteiger charge is 2.24. The number of aliphatic hydroxyl groups is 1. The summed E-state index contributed by atoms with van der Waals surface area (Å²) in [7, 11) is 3.69. The Morgan fingerprint density at radius 3 is 2.74 bits per heavy atom. The van der Waals surface area contributed by atoms with E-state index in [1.165, 1.54) is 12.4 Å². The molecule has 7 nitrogen and oxygen atoms in total. The zero-order valence-corrected chi connectivity index (χ0v) is 12.6. The molecule has 1 rings (SSSR count). The van der Waals surface area contributed by atoms with E-state index in [4.69, 9.17) is 0 Å². The molecule has 1 aromatic rings. The van der Waals surface area contributed by atoms with E-state index in [1.807, 2.05) is 19.0 Å². The number of halogens is 1. The second-order valence-corrected chi connectivity index (χ2v) is 5.72. The van der Waals surface area contributed by atoms with Gasteiger partial charge < -0.3 is 15.3 Å². The van der Waals surface area contributed by atoms with Crippen molar-refractivity contribution in [1.29, 1.82) is 0 Å². The largest absolute Gasteiger partial charge is 0.387 e. The Bertz CT molecular complexity index is 465. The highest BCUT2D eigenvalue weighted by atomic mass is 79.9. The Morgan fingerprint density at radius 1 is 1.58 bits per heavy atom. The van der Waals surface area contributed by atoms with Crippen LogP contribution in [0.4, 0.5) is 11.4 Å². The molecule has 1 heterocycles. The van der Waals surface area contributed by atoms with E-state index in [-0.39, 0.29) is 12.2 Å². The molecule has 0 saturated heterocycles. The molecule has 0 amide bonds. The van der Waals surface area contributed by atoms with Crippen LogP contribution in [0.1, 0.15) is 6.92 Å². The number of nitro groups is 1. The minimum Gasteiger partial charge on any atom is -0.387 e. The molecule has 106 valence electrons. The lowest BCUT2D eigenvalue weighted by Crippen LogP contribution is -2.43. The third-order valence-electron chi connectivity index (χ3n) is 2.38. The first-order valence-electron chi connectivity index (χ1n) is 5.62. The second-order valence-electron chi connectivity index (χ2n) is 4.86. The Hall–Kier alpha value is -1.25. The smallest absolute Gasteiger partial charge is 0.311 e. The predicted octanol–water partition coefficient (Wildman–Crippen LogP) is 1.48. The number of rotatable bonds is 6. The van der Waals surface area contributed by atoms with Crippen LogP contribution < -0.4 is 5.32 Å². The highest BCUT2D eigenvalue weighted by Crippen LogP contribution is 2.31. The van der Waals surface area contributed by atoms with Crippen molar-refractivity contribution in [3.8, 4) is 0 Å². The SMILES string of the molecule is CN(C)CC(C)(O)CNc1c(Br)cncc1[N+](=O)[O-]. The lowest BCUT2D eigenvalue weighted by molar-refractivity contribution is -0.384. The molecular weight excluding hydrogens is 316 g/mol.